The Bertz CT molecular complexity index is 462. The molecule has 0 unspecified atom stereocenters. The third-order valence-electron chi connectivity index (χ3n) is 3.21. The predicted molar refractivity (Wildman–Crippen MR) is 74.6 cm³/mol. The molecule has 4 nitrogen and oxygen atoms in total. The summed E-state index contributed by atoms with van der Waals surface area (Å²) in [6.07, 6.45) is 3.72. The maximum Gasteiger partial charge on any atom is 0.329 e. The molecule has 1 aromatic rings. The zero-order valence-corrected chi connectivity index (χ0v) is 11.2. The van der Waals surface area contributed by atoms with E-state index in [0.29, 0.717) is 12.8 Å². The fraction of sp³-hybridized carbons (Fsp3) is 0.333. The van der Waals surface area contributed by atoms with Crippen LogP contribution in [0, 0.1) is 0 Å². The topological polar surface area (TPSA) is 66.4 Å². The summed E-state index contributed by atoms with van der Waals surface area (Å²) in [5.41, 5.74) is -0.287. The van der Waals surface area contributed by atoms with Crippen LogP contribution in [0.4, 0.5) is 0 Å². The van der Waals surface area contributed by atoms with Crippen molar-refractivity contribution in [2.45, 2.75) is 32.2 Å². The number of nitrogens with one attached hydrogen (secondary N) is 1. The Balaban J connectivity index is 2.74. The maximum absolute atomic E-state index is 11.8. The molecule has 0 radical (unpaired) electrons. The van der Waals surface area contributed by atoms with Crippen LogP contribution >= 0.6 is 0 Å². The van der Waals surface area contributed by atoms with Crippen molar-refractivity contribution in [2.24, 2.45) is 0 Å². The molecule has 0 fully saturated rings. The molecule has 1 amide bonds. The lowest BCUT2D eigenvalue weighted by Gasteiger charge is -2.27. The molecule has 0 aliphatic heterocycles. The smallest absolute Gasteiger partial charge is 0.329 e. The van der Waals surface area contributed by atoms with Crippen molar-refractivity contribution in [3.05, 3.63) is 42.0 Å². The van der Waals surface area contributed by atoms with Gasteiger partial charge in [-0.05, 0) is 24.5 Å². The minimum absolute atomic E-state index is 0.351. The molecule has 102 valence electrons. The van der Waals surface area contributed by atoms with Gasteiger partial charge in [0.1, 0.15) is 5.54 Å². The molecule has 0 heterocycles. The van der Waals surface area contributed by atoms with Crippen molar-refractivity contribution in [1.29, 1.82) is 0 Å². The van der Waals surface area contributed by atoms with Crippen LogP contribution < -0.4 is 5.32 Å². The van der Waals surface area contributed by atoms with E-state index in [4.69, 9.17) is 0 Å². The average Bonchev–Trinajstić information content (AvgIpc) is 2.43. The number of rotatable bonds is 6. The summed E-state index contributed by atoms with van der Waals surface area (Å²) >= 11 is 0. The molecule has 4 heteroatoms. The van der Waals surface area contributed by atoms with Crippen molar-refractivity contribution in [3.63, 3.8) is 0 Å². The van der Waals surface area contributed by atoms with Gasteiger partial charge in [0.25, 0.3) is 0 Å². The monoisotopic (exact) mass is 261 g/mol. The highest BCUT2D eigenvalue weighted by molar-refractivity contribution is 5.95. The largest absolute Gasteiger partial charge is 0.480 e. The molecule has 2 N–H and O–H groups in total. The lowest BCUT2D eigenvalue weighted by Crippen LogP contribution is -2.53. The van der Waals surface area contributed by atoms with Gasteiger partial charge in [-0.3, -0.25) is 4.79 Å². The minimum atomic E-state index is -1.18. The molecule has 0 saturated carbocycles. The van der Waals surface area contributed by atoms with Crippen LogP contribution in [0.25, 0.3) is 6.08 Å². The van der Waals surface area contributed by atoms with Crippen LogP contribution in [0.5, 0.6) is 0 Å². The molecule has 1 aromatic carbocycles. The minimum Gasteiger partial charge on any atom is -0.480 e. The lowest BCUT2D eigenvalue weighted by atomic mass is 9.93. The van der Waals surface area contributed by atoms with Gasteiger partial charge in [-0.15, -0.1) is 0 Å². The number of carboxylic acids is 1. The summed E-state index contributed by atoms with van der Waals surface area (Å²) in [7, 11) is 0. The number of hydrogen-bond donors (Lipinski definition) is 2. The molecule has 0 saturated heterocycles. The number of hydrogen-bond acceptors (Lipinski definition) is 2. The van der Waals surface area contributed by atoms with Crippen molar-refractivity contribution in [1.82, 2.24) is 5.32 Å². The third kappa shape index (κ3) is 3.95. The van der Waals surface area contributed by atoms with Crippen molar-refractivity contribution in [3.8, 4) is 0 Å². The first-order chi connectivity index (χ1) is 9.04. The molecular formula is C15H19NO3. The molecule has 1 rings (SSSR count). The Morgan fingerprint density at radius 3 is 2.26 bits per heavy atom. The molecule has 0 atom stereocenters. The van der Waals surface area contributed by atoms with Gasteiger partial charge in [0.15, 0.2) is 0 Å². The molecular weight excluding hydrogens is 242 g/mol. The number of aliphatic carboxylic acids is 1. The Morgan fingerprint density at radius 1 is 1.21 bits per heavy atom. The second kappa shape index (κ2) is 6.73. The second-order valence-corrected chi connectivity index (χ2v) is 4.33. The predicted octanol–water partition coefficient (Wildman–Crippen LogP) is 2.46. The molecule has 0 aromatic heterocycles. The van der Waals surface area contributed by atoms with E-state index in [2.05, 4.69) is 5.32 Å². The fourth-order valence-electron chi connectivity index (χ4n) is 1.80. The first kappa shape index (κ1) is 15.0. The molecule has 0 spiro atoms. The van der Waals surface area contributed by atoms with Crippen LogP contribution in [-0.2, 0) is 9.59 Å². The summed E-state index contributed by atoms with van der Waals surface area (Å²) in [6, 6.07) is 9.37. The summed E-state index contributed by atoms with van der Waals surface area (Å²) in [5.74, 6) is -1.39. The maximum atomic E-state index is 11.8. The molecule has 0 aliphatic carbocycles. The first-order valence-corrected chi connectivity index (χ1v) is 6.32. The first-order valence-electron chi connectivity index (χ1n) is 6.32. The van der Waals surface area contributed by atoms with E-state index in [1.165, 1.54) is 6.08 Å². The van der Waals surface area contributed by atoms with E-state index in [9.17, 15) is 14.7 Å². The van der Waals surface area contributed by atoms with Gasteiger partial charge in [-0.25, -0.2) is 4.79 Å². The zero-order valence-electron chi connectivity index (χ0n) is 11.2. The van der Waals surface area contributed by atoms with Crippen molar-refractivity contribution in [2.75, 3.05) is 0 Å². The summed E-state index contributed by atoms with van der Waals surface area (Å²) < 4.78 is 0. The van der Waals surface area contributed by atoms with Gasteiger partial charge in [0.2, 0.25) is 5.91 Å². The Hall–Kier alpha value is -2.10. The standard InChI is InChI=1S/C15H19NO3/c1-3-15(4-2,14(18)19)16-13(17)11-10-12-8-6-5-7-9-12/h5-11H,3-4H2,1-2H3,(H,16,17)(H,18,19). The quantitative estimate of drug-likeness (QED) is 0.773. The summed E-state index contributed by atoms with van der Waals surface area (Å²) in [5, 5.41) is 11.8. The Morgan fingerprint density at radius 2 is 1.79 bits per heavy atom. The number of carbonyl (C=O) groups excluding carboxylic acids is 1. The number of carboxylic acid groups (broad SMARTS) is 1. The highest BCUT2D eigenvalue weighted by atomic mass is 16.4. The normalized spacial score (nSPS) is 11.5. The van der Waals surface area contributed by atoms with Gasteiger partial charge in [-0.1, -0.05) is 44.2 Å². The number of benzene rings is 1. The molecule has 0 aliphatic rings. The lowest BCUT2D eigenvalue weighted by molar-refractivity contribution is -0.147. The second-order valence-electron chi connectivity index (χ2n) is 4.33. The fourth-order valence-corrected chi connectivity index (χ4v) is 1.80. The summed E-state index contributed by atoms with van der Waals surface area (Å²) in [4.78, 5) is 23.0. The van der Waals surface area contributed by atoms with E-state index < -0.39 is 17.4 Å². The number of carbonyl (C=O) groups is 2. The van der Waals surface area contributed by atoms with Gasteiger partial charge in [0, 0.05) is 6.08 Å². The van der Waals surface area contributed by atoms with Crippen LogP contribution in [0.1, 0.15) is 32.3 Å². The third-order valence-corrected chi connectivity index (χ3v) is 3.21. The summed E-state index contributed by atoms with van der Waals surface area (Å²) in [6.45, 7) is 3.50. The average molecular weight is 261 g/mol. The van der Waals surface area contributed by atoms with E-state index in [1.807, 2.05) is 30.3 Å². The van der Waals surface area contributed by atoms with E-state index in [-0.39, 0.29) is 0 Å². The Labute approximate surface area is 113 Å². The van der Waals surface area contributed by atoms with Crippen LogP contribution in [0.15, 0.2) is 36.4 Å². The Kier molecular flexibility index (Phi) is 5.30. The van der Waals surface area contributed by atoms with Gasteiger partial charge < -0.3 is 10.4 Å². The van der Waals surface area contributed by atoms with Crippen molar-refractivity contribution < 1.29 is 14.7 Å². The highest BCUT2D eigenvalue weighted by Gasteiger charge is 2.35. The molecule has 0 bridgehead atoms. The SMILES string of the molecule is CCC(CC)(NC(=O)C=Cc1ccccc1)C(=O)O. The molecule has 19 heavy (non-hydrogen) atoms. The highest BCUT2D eigenvalue weighted by Crippen LogP contribution is 2.15. The van der Waals surface area contributed by atoms with Crippen LogP contribution in [0.2, 0.25) is 0 Å². The van der Waals surface area contributed by atoms with Crippen LogP contribution in [0.3, 0.4) is 0 Å². The van der Waals surface area contributed by atoms with Crippen molar-refractivity contribution >= 4 is 18.0 Å². The van der Waals surface area contributed by atoms with Gasteiger partial charge >= 0.3 is 5.97 Å². The van der Waals surface area contributed by atoms with E-state index in [0.717, 1.165) is 5.56 Å². The van der Waals surface area contributed by atoms with Gasteiger partial charge in [-0.2, -0.15) is 0 Å². The van der Waals surface area contributed by atoms with Crippen LogP contribution in [-0.4, -0.2) is 22.5 Å². The zero-order chi connectivity index (χ0) is 14.3. The van der Waals surface area contributed by atoms with E-state index >= 15 is 0 Å². The van der Waals surface area contributed by atoms with Gasteiger partial charge in [0.05, 0.1) is 0 Å². The van der Waals surface area contributed by atoms with E-state index in [1.54, 1.807) is 19.9 Å². The number of amides is 1.